The molecule has 3 aromatic carbocycles. The predicted molar refractivity (Wildman–Crippen MR) is 136 cm³/mol. The number of hydrogen-bond donors (Lipinski definition) is 4. The molecule has 0 spiro atoms. The van der Waals surface area contributed by atoms with E-state index in [1.165, 1.54) is 6.92 Å². The topological polar surface area (TPSA) is 82.3 Å². The van der Waals surface area contributed by atoms with Crippen molar-refractivity contribution in [2.45, 2.75) is 16.9 Å². The van der Waals surface area contributed by atoms with Crippen LogP contribution in [0.3, 0.4) is 0 Å². The summed E-state index contributed by atoms with van der Waals surface area (Å²) in [5.74, 6) is -0.594. The largest absolute Gasteiger partial charge is 0.339 e. The number of anilines is 2. The maximum absolute atomic E-state index is 13.0. The number of halogens is 3. The number of alkyl halides is 3. The molecule has 0 aliphatic heterocycles. The Hall–Kier alpha value is -2.58. The van der Waals surface area contributed by atoms with Crippen LogP contribution in [0, 0.1) is 0 Å². The molecule has 0 unspecified atom stereocenters. The van der Waals surface area contributed by atoms with Crippen molar-refractivity contribution in [3.8, 4) is 0 Å². The van der Waals surface area contributed by atoms with E-state index in [9.17, 15) is 9.59 Å². The van der Waals surface area contributed by atoms with Crippen LogP contribution >= 0.6 is 47.0 Å². The first-order valence-electron chi connectivity index (χ1n) is 9.44. The van der Waals surface area contributed by atoms with Crippen LogP contribution in [0.2, 0.25) is 0 Å². The Morgan fingerprint density at radius 3 is 2.06 bits per heavy atom. The summed E-state index contributed by atoms with van der Waals surface area (Å²) in [7, 11) is 0. The summed E-state index contributed by atoms with van der Waals surface area (Å²) < 4.78 is -1.89. The van der Waals surface area contributed by atoms with Gasteiger partial charge in [0, 0.05) is 23.9 Å². The first-order chi connectivity index (χ1) is 15.1. The molecule has 10 heteroatoms. The van der Waals surface area contributed by atoms with E-state index in [-0.39, 0.29) is 11.0 Å². The monoisotopic (exact) mass is 508 g/mol. The van der Waals surface area contributed by atoms with E-state index in [0.29, 0.717) is 16.9 Å². The predicted octanol–water partition coefficient (Wildman–Crippen LogP) is 5.21. The van der Waals surface area contributed by atoms with E-state index in [1.54, 1.807) is 36.4 Å². The number of thiocarbonyl (C=S) groups is 1. The molecule has 3 rings (SSSR count). The van der Waals surface area contributed by atoms with Crippen LogP contribution in [0.1, 0.15) is 17.3 Å². The van der Waals surface area contributed by atoms with Gasteiger partial charge in [-0.2, -0.15) is 0 Å². The van der Waals surface area contributed by atoms with Crippen LogP contribution in [0.4, 0.5) is 11.4 Å². The number of amides is 2. The molecule has 0 heterocycles. The molecule has 0 aliphatic carbocycles. The van der Waals surface area contributed by atoms with Crippen LogP contribution in [0.5, 0.6) is 0 Å². The van der Waals surface area contributed by atoms with Crippen LogP contribution in [-0.4, -0.2) is 26.9 Å². The first kappa shape index (κ1) is 24.1. The Morgan fingerprint density at radius 2 is 1.44 bits per heavy atom. The lowest BCUT2D eigenvalue weighted by atomic mass is 10.0. The molecule has 0 bridgehead atoms. The van der Waals surface area contributed by atoms with Gasteiger partial charge < -0.3 is 21.3 Å². The quantitative estimate of drug-likeness (QED) is 0.216. The van der Waals surface area contributed by atoms with Gasteiger partial charge in [-0.1, -0.05) is 71.2 Å². The Labute approximate surface area is 205 Å². The summed E-state index contributed by atoms with van der Waals surface area (Å²) in [4.78, 5) is 24.1. The average Bonchev–Trinajstić information content (AvgIpc) is 2.73. The summed E-state index contributed by atoms with van der Waals surface area (Å²) in [5.41, 5.74) is 1.72. The van der Waals surface area contributed by atoms with Gasteiger partial charge in [0.25, 0.3) is 5.91 Å². The summed E-state index contributed by atoms with van der Waals surface area (Å²) >= 11 is 23.6. The number of rotatable bonds is 5. The van der Waals surface area contributed by atoms with Crippen molar-refractivity contribution in [3.63, 3.8) is 0 Å². The van der Waals surface area contributed by atoms with Gasteiger partial charge in [0.05, 0.1) is 0 Å². The molecule has 0 aromatic heterocycles. The van der Waals surface area contributed by atoms with Gasteiger partial charge in [0.2, 0.25) is 9.70 Å². The van der Waals surface area contributed by atoms with Gasteiger partial charge in [-0.3, -0.25) is 9.59 Å². The Kier molecular flexibility index (Phi) is 7.79. The smallest absolute Gasteiger partial charge is 0.253 e. The zero-order valence-electron chi connectivity index (χ0n) is 16.8. The lowest BCUT2D eigenvalue weighted by Gasteiger charge is -2.28. The van der Waals surface area contributed by atoms with Gasteiger partial charge in [-0.15, -0.1) is 0 Å². The molecule has 166 valence electrons. The minimum absolute atomic E-state index is 0.131. The number of nitrogens with one attached hydrogen (secondary N) is 4. The van der Waals surface area contributed by atoms with E-state index in [4.69, 9.17) is 47.0 Å². The fraction of sp³-hybridized carbons (Fsp3) is 0.136. The lowest BCUT2D eigenvalue weighted by molar-refractivity contribution is -0.114. The highest BCUT2D eigenvalue weighted by molar-refractivity contribution is 7.80. The van der Waals surface area contributed by atoms with Gasteiger partial charge in [0.1, 0.15) is 6.17 Å². The number of carbonyl (C=O) groups excluding carboxylic acids is 2. The maximum atomic E-state index is 13.0. The number of fused-ring (bicyclic) bond motifs is 1. The van der Waals surface area contributed by atoms with Gasteiger partial charge in [-0.25, -0.2) is 0 Å². The third-order valence-corrected chi connectivity index (χ3v) is 5.25. The molecular formula is C22H19Cl3N4O2S. The average molecular weight is 510 g/mol. The molecular weight excluding hydrogens is 491 g/mol. The van der Waals surface area contributed by atoms with Crippen molar-refractivity contribution in [3.05, 3.63) is 72.3 Å². The third-order valence-electron chi connectivity index (χ3n) is 4.38. The molecule has 2 amide bonds. The van der Waals surface area contributed by atoms with Crippen LogP contribution in [0.25, 0.3) is 10.8 Å². The summed E-state index contributed by atoms with van der Waals surface area (Å²) in [5, 5.41) is 13.0. The van der Waals surface area contributed by atoms with Crippen LogP contribution in [0.15, 0.2) is 66.7 Å². The zero-order chi connectivity index (χ0) is 23.3. The van der Waals surface area contributed by atoms with Crippen molar-refractivity contribution in [2.24, 2.45) is 0 Å². The zero-order valence-corrected chi connectivity index (χ0v) is 19.9. The molecule has 0 aliphatic rings. The van der Waals surface area contributed by atoms with Gasteiger partial charge in [-0.05, 0) is 53.3 Å². The van der Waals surface area contributed by atoms with Crippen molar-refractivity contribution in [1.82, 2.24) is 10.6 Å². The molecule has 0 saturated carbocycles. The molecule has 0 fully saturated rings. The molecule has 6 nitrogen and oxygen atoms in total. The first-order valence-corrected chi connectivity index (χ1v) is 11.0. The second-order valence-electron chi connectivity index (χ2n) is 6.83. The molecule has 4 N–H and O–H groups in total. The second kappa shape index (κ2) is 10.4. The third kappa shape index (κ3) is 6.46. The Morgan fingerprint density at radius 1 is 0.844 bits per heavy atom. The fourth-order valence-corrected chi connectivity index (χ4v) is 3.53. The Bertz CT molecular complexity index is 1140. The van der Waals surface area contributed by atoms with Gasteiger partial charge in [0.15, 0.2) is 5.11 Å². The minimum Gasteiger partial charge on any atom is -0.339 e. The summed E-state index contributed by atoms with van der Waals surface area (Å²) in [6.07, 6.45) is -1.11. The van der Waals surface area contributed by atoms with Crippen LogP contribution < -0.4 is 21.3 Å². The highest BCUT2D eigenvalue weighted by Gasteiger charge is 2.35. The summed E-state index contributed by atoms with van der Waals surface area (Å²) in [6.45, 7) is 1.43. The van der Waals surface area contributed by atoms with E-state index >= 15 is 0 Å². The maximum Gasteiger partial charge on any atom is 0.253 e. The molecule has 32 heavy (non-hydrogen) atoms. The summed E-state index contributed by atoms with van der Waals surface area (Å²) in [6, 6.07) is 19.7. The molecule has 0 radical (unpaired) electrons. The molecule has 0 saturated heterocycles. The van der Waals surface area contributed by atoms with E-state index in [1.807, 2.05) is 30.3 Å². The van der Waals surface area contributed by atoms with E-state index in [2.05, 4.69) is 21.3 Å². The van der Waals surface area contributed by atoms with E-state index < -0.39 is 15.9 Å². The number of carbonyl (C=O) groups is 2. The Balaban J connectivity index is 1.70. The molecule has 3 aromatic rings. The highest BCUT2D eigenvalue weighted by Crippen LogP contribution is 2.30. The standard InChI is InChI=1S/C22H19Cl3N4O2S/c1-13(30)26-15-9-11-16(12-10-15)27-21(32)29-20(22(23,24)25)28-19(31)18-8-4-6-14-5-2-3-7-17(14)18/h2-12,20H,1H3,(H,26,30)(H,28,31)(H2,27,29,32)/t20-/m1/s1. The van der Waals surface area contributed by atoms with Gasteiger partial charge >= 0.3 is 0 Å². The fourth-order valence-electron chi connectivity index (χ4n) is 2.97. The SMILES string of the molecule is CC(=O)Nc1ccc(NC(=S)N[C@@H](NC(=O)c2cccc3ccccc23)C(Cl)(Cl)Cl)cc1. The normalized spacial score (nSPS) is 12.0. The molecule has 1 atom stereocenters. The van der Waals surface area contributed by atoms with Crippen molar-refractivity contribution >= 4 is 86.1 Å². The second-order valence-corrected chi connectivity index (χ2v) is 9.61. The number of hydrogen-bond acceptors (Lipinski definition) is 3. The van der Waals surface area contributed by atoms with Crippen molar-refractivity contribution < 1.29 is 9.59 Å². The number of benzene rings is 3. The lowest BCUT2D eigenvalue weighted by Crippen LogP contribution is -2.56. The van der Waals surface area contributed by atoms with Crippen LogP contribution in [-0.2, 0) is 4.79 Å². The van der Waals surface area contributed by atoms with Crippen molar-refractivity contribution in [1.29, 1.82) is 0 Å². The van der Waals surface area contributed by atoms with E-state index in [0.717, 1.165) is 10.8 Å². The minimum atomic E-state index is -1.89. The van der Waals surface area contributed by atoms with Crippen molar-refractivity contribution in [2.75, 3.05) is 10.6 Å². The highest BCUT2D eigenvalue weighted by atomic mass is 35.6.